The lowest BCUT2D eigenvalue weighted by Gasteiger charge is -2.07. The van der Waals surface area contributed by atoms with Gasteiger partial charge in [-0.1, -0.05) is 6.07 Å². The molecule has 98 valence electrons. The average molecular weight is 257 g/mol. The fraction of sp³-hybridized carbons (Fsp3) is 0.214. The lowest BCUT2D eigenvalue weighted by molar-refractivity contribution is 0.0594. The number of anilines is 2. The molecular formula is C14H15N3O2. The van der Waals surface area contributed by atoms with Crippen molar-refractivity contribution in [2.45, 2.75) is 13.8 Å². The standard InChI is InChI=1S/C14H15N3O2/c1-9-6-10(2)8-11(7-9)16-14-15-5-4-12(17-14)13(18)19-3/h4-8H,1-3H3,(H,15,16,17). The zero-order valence-corrected chi connectivity index (χ0v) is 11.1. The van der Waals surface area contributed by atoms with Crippen LogP contribution >= 0.6 is 0 Å². The second kappa shape index (κ2) is 5.48. The molecule has 0 atom stereocenters. The summed E-state index contributed by atoms with van der Waals surface area (Å²) in [5.41, 5.74) is 3.40. The predicted octanol–water partition coefficient (Wildman–Crippen LogP) is 2.62. The van der Waals surface area contributed by atoms with Gasteiger partial charge in [0.1, 0.15) is 0 Å². The van der Waals surface area contributed by atoms with E-state index in [1.54, 1.807) is 0 Å². The largest absolute Gasteiger partial charge is 0.464 e. The van der Waals surface area contributed by atoms with E-state index >= 15 is 0 Å². The van der Waals surface area contributed by atoms with Crippen LogP contribution in [-0.4, -0.2) is 23.0 Å². The molecule has 0 aliphatic carbocycles. The number of hydrogen-bond donors (Lipinski definition) is 1. The van der Waals surface area contributed by atoms with Crippen molar-refractivity contribution in [2.75, 3.05) is 12.4 Å². The van der Waals surface area contributed by atoms with Crippen molar-refractivity contribution in [3.05, 3.63) is 47.3 Å². The van der Waals surface area contributed by atoms with E-state index in [1.165, 1.54) is 19.4 Å². The molecule has 0 amide bonds. The van der Waals surface area contributed by atoms with Crippen LogP contribution in [-0.2, 0) is 4.74 Å². The number of carbonyl (C=O) groups is 1. The molecular weight excluding hydrogens is 242 g/mol. The highest BCUT2D eigenvalue weighted by Gasteiger charge is 2.08. The number of nitrogens with one attached hydrogen (secondary N) is 1. The molecule has 0 saturated heterocycles. The first-order valence-corrected chi connectivity index (χ1v) is 5.85. The summed E-state index contributed by atoms with van der Waals surface area (Å²) in [7, 11) is 1.32. The van der Waals surface area contributed by atoms with Crippen molar-refractivity contribution in [3.63, 3.8) is 0 Å². The van der Waals surface area contributed by atoms with E-state index in [0.29, 0.717) is 5.95 Å². The van der Waals surface area contributed by atoms with Crippen molar-refractivity contribution in [2.24, 2.45) is 0 Å². The van der Waals surface area contributed by atoms with Gasteiger partial charge in [0.2, 0.25) is 5.95 Å². The maximum atomic E-state index is 11.4. The molecule has 0 unspecified atom stereocenters. The predicted molar refractivity (Wildman–Crippen MR) is 72.6 cm³/mol. The quantitative estimate of drug-likeness (QED) is 0.856. The number of aromatic nitrogens is 2. The maximum Gasteiger partial charge on any atom is 0.356 e. The molecule has 5 heteroatoms. The summed E-state index contributed by atoms with van der Waals surface area (Å²) in [6, 6.07) is 7.57. The number of ether oxygens (including phenoxy) is 1. The topological polar surface area (TPSA) is 64.1 Å². The molecule has 1 aromatic carbocycles. The van der Waals surface area contributed by atoms with Crippen molar-refractivity contribution < 1.29 is 9.53 Å². The van der Waals surface area contributed by atoms with Crippen LogP contribution in [0.2, 0.25) is 0 Å². The van der Waals surface area contributed by atoms with E-state index in [-0.39, 0.29) is 5.69 Å². The number of methoxy groups -OCH3 is 1. The molecule has 1 heterocycles. The summed E-state index contributed by atoms with van der Waals surface area (Å²) in [5, 5.41) is 3.07. The van der Waals surface area contributed by atoms with Crippen LogP contribution in [0.1, 0.15) is 21.6 Å². The Bertz CT molecular complexity index is 591. The number of nitrogens with zero attached hydrogens (tertiary/aromatic N) is 2. The van der Waals surface area contributed by atoms with Crippen LogP contribution < -0.4 is 5.32 Å². The minimum atomic E-state index is -0.481. The van der Waals surface area contributed by atoms with Crippen molar-refractivity contribution in [1.29, 1.82) is 0 Å². The molecule has 5 nitrogen and oxygen atoms in total. The summed E-state index contributed by atoms with van der Waals surface area (Å²) < 4.78 is 4.62. The second-order valence-corrected chi connectivity index (χ2v) is 4.26. The molecule has 1 aromatic heterocycles. The molecule has 0 aliphatic rings. The van der Waals surface area contributed by atoms with E-state index in [0.717, 1.165) is 16.8 Å². The molecule has 2 aromatic rings. The van der Waals surface area contributed by atoms with Crippen LogP contribution in [0, 0.1) is 13.8 Å². The summed E-state index contributed by atoms with van der Waals surface area (Å²) >= 11 is 0. The van der Waals surface area contributed by atoms with Gasteiger partial charge in [-0.3, -0.25) is 0 Å². The highest BCUT2D eigenvalue weighted by molar-refractivity contribution is 5.87. The van der Waals surface area contributed by atoms with Crippen molar-refractivity contribution in [1.82, 2.24) is 9.97 Å². The third-order valence-corrected chi connectivity index (χ3v) is 2.53. The fourth-order valence-corrected chi connectivity index (χ4v) is 1.81. The first-order valence-electron chi connectivity index (χ1n) is 5.85. The van der Waals surface area contributed by atoms with Crippen molar-refractivity contribution in [3.8, 4) is 0 Å². The summed E-state index contributed by atoms with van der Waals surface area (Å²) in [6.45, 7) is 4.04. The van der Waals surface area contributed by atoms with Crippen LogP contribution in [0.3, 0.4) is 0 Å². The first kappa shape index (κ1) is 13.0. The summed E-state index contributed by atoms with van der Waals surface area (Å²) in [4.78, 5) is 19.6. The van der Waals surface area contributed by atoms with Crippen LogP contribution in [0.15, 0.2) is 30.5 Å². The Hall–Kier alpha value is -2.43. The molecule has 0 radical (unpaired) electrons. The molecule has 0 spiro atoms. The van der Waals surface area contributed by atoms with Crippen LogP contribution in [0.4, 0.5) is 11.6 Å². The lowest BCUT2D eigenvalue weighted by atomic mass is 10.1. The van der Waals surface area contributed by atoms with Gasteiger partial charge in [0.25, 0.3) is 0 Å². The molecule has 0 fully saturated rings. The molecule has 0 aliphatic heterocycles. The number of esters is 1. The van der Waals surface area contributed by atoms with Gasteiger partial charge in [0, 0.05) is 11.9 Å². The number of carbonyl (C=O) groups excluding carboxylic acids is 1. The number of aryl methyl sites for hydroxylation is 2. The summed E-state index contributed by atoms with van der Waals surface area (Å²) in [5.74, 6) is -0.112. The van der Waals surface area contributed by atoms with Gasteiger partial charge in [-0.2, -0.15) is 0 Å². The maximum absolute atomic E-state index is 11.4. The molecule has 19 heavy (non-hydrogen) atoms. The summed E-state index contributed by atoms with van der Waals surface area (Å²) in [6.07, 6.45) is 1.52. The molecule has 0 bridgehead atoms. The SMILES string of the molecule is COC(=O)c1ccnc(Nc2cc(C)cc(C)c2)n1. The second-order valence-electron chi connectivity index (χ2n) is 4.26. The minimum absolute atomic E-state index is 0.226. The number of hydrogen-bond acceptors (Lipinski definition) is 5. The van der Waals surface area contributed by atoms with Crippen molar-refractivity contribution >= 4 is 17.6 Å². The van der Waals surface area contributed by atoms with E-state index in [9.17, 15) is 4.79 Å². The Morgan fingerprint density at radius 2 is 1.89 bits per heavy atom. The van der Waals surface area contributed by atoms with E-state index < -0.39 is 5.97 Å². The zero-order chi connectivity index (χ0) is 13.8. The Morgan fingerprint density at radius 3 is 2.53 bits per heavy atom. The average Bonchev–Trinajstić information content (AvgIpc) is 2.37. The first-order chi connectivity index (χ1) is 9.08. The monoisotopic (exact) mass is 257 g/mol. The Labute approximate surface area is 111 Å². The van der Waals surface area contributed by atoms with E-state index in [1.807, 2.05) is 26.0 Å². The molecule has 1 N–H and O–H groups in total. The van der Waals surface area contributed by atoms with Crippen LogP contribution in [0.5, 0.6) is 0 Å². The smallest absolute Gasteiger partial charge is 0.356 e. The van der Waals surface area contributed by atoms with Gasteiger partial charge in [0.15, 0.2) is 5.69 Å². The normalized spacial score (nSPS) is 10.1. The number of benzene rings is 1. The molecule has 0 saturated carbocycles. The molecule has 2 rings (SSSR count). The van der Waals surface area contributed by atoms with Gasteiger partial charge in [-0.05, 0) is 43.2 Å². The minimum Gasteiger partial charge on any atom is -0.464 e. The lowest BCUT2D eigenvalue weighted by Crippen LogP contribution is -2.07. The van der Waals surface area contributed by atoms with Gasteiger partial charge in [0.05, 0.1) is 7.11 Å². The fourth-order valence-electron chi connectivity index (χ4n) is 1.81. The Morgan fingerprint density at radius 1 is 1.21 bits per heavy atom. The van der Waals surface area contributed by atoms with Gasteiger partial charge < -0.3 is 10.1 Å². The zero-order valence-electron chi connectivity index (χ0n) is 11.1. The van der Waals surface area contributed by atoms with E-state index in [2.05, 4.69) is 26.1 Å². The van der Waals surface area contributed by atoms with Gasteiger partial charge >= 0.3 is 5.97 Å². The third kappa shape index (κ3) is 3.28. The van der Waals surface area contributed by atoms with E-state index in [4.69, 9.17) is 0 Å². The highest BCUT2D eigenvalue weighted by Crippen LogP contribution is 2.17. The highest BCUT2D eigenvalue weighted by atomic mass is 16.5. The van der Waals surface area contributed by atoms with Gasteiger partial charge in [-0.25, -0.2) is 14.8 Å². The van der Waals surface area contributed by atoms with Crippen LogP contribution in [0.25, 0.3) is 0 Å². The Kier molecular flexibility index (Phi) is 3.75. The number of rotatable bonds is 3. The Balaban J connectivity index is 2.25. The third-order valence-electron chi connectivity index (χ3n) is 2.53. The van der Waals surface area contributed by atoms with Gasteiger partial charge in [-0.15, -0.1) is 0 Å².